The molecule has 0 bridgehead atoms. The van der Waals surface area contributed by atoms with Crippen molar-refractivity contribution in [2.45, 2.75) is 32.1 Å². The zero-order valence-electron chi connectivity index (χ0n) is 7.87. The predicted octanol–water partition coefficient (Wildman–Crippen LogP) is 2.30. The third kappa shape index (κ3) is 2.87. The molecule has 0 aromatic carbocycles. The summed E-state index contributed by atoms with van der Waals surface area (Å²) in [5.74, 6) is 1.16. The highest BCUT2D eigenvalue weighted by atomic mass is 16.5. The summed E-state index contributed by atoms with van der Waals surface area (Å²) in [6, 6.07) is 0. The Morgan fingerprint density at radius 2 is 2.08 bits per heavy atom. The van der Waals surface area contributed by atoms with Crippen molar-refractivity contribution in [2.24, 2.45) is 11.8 Å². The van der Waals surface area contributed by atoms with E-state index in [1.165, 1.54) is 32.1 Å². The molecule has 2 fully saturated rings. The molecule has 72 valence electrons. The van der Waals surface area contributed by atoms with Gasteiger partial charge in [0.2, 0.25) is 0 Å². The second-order valence-electron chi connectivity index (χ2n) is 4.12. The largest absolute Gasteiger partial charge is 0.462 e. The molecule has 0 N–H and O–H groups in total. The van der Waals surface area contributed by atoms with E-state index in [9.17, 15) is 4.79 Å². The monoisotopic (exact) mass is 180 g/mol. The zero-order chi connectivity index (χ0) is 9.10. The highest BCUT2D eigenvalue weighted by Gasteiger charge is 2.22. The molecule has 0 saturated heterocycles. The van der Waals surface area contributed by atoms with Crippen molar-refractivity contribution in [1.82, 2.24) is 0 Å². The van der Waals surface area contributed by atoms with Crippen LogP contribution in [0.25, 0.3) is 0 Å². The molecule has 2 aliphatic rings. The molecule has 2 nitrogen and oxygen atoms in total. The summed E-state index contributed by atoms with van der Waals surface area (Å²) in [6.45, 7) is 0.633. The summed E-state index contributed by atoms with van der Waals surface area (Å²) >= 11 is 0. The predicted molar refractivity (Wildman–Crippen MR) is 50.2 cm³/mol. The summed E-state index contributed by atoms with van der Waals surface area (Å²) in [4.78, 5) is 11.1. The lowest BCUT2D eigenvalue weighted by atomic mass is 9.85. The summed E-state index contributed by atoms with van der Waals surface area (Å²) < 4.78 is 5.06. The first kappa shape index (κ1) is 8.79. The van der Waals surface area contributed by atoms with Crippen molar-refractivity contribution in [1.29, 1.82) is 0 Å². The van der Waals surface area contributed by atoms with E-state index >= 15 is 0 Å². The van der Waals surface area contributed by atoms with Crippen molar-refractivity contribution in [3.8, 4) is 0 Å². The Kier molecular flexibility index (Phi) is 2.67. The van der Waals surface area contributed by atoms with Crippen LogP contribution in [0.5, 0.6) is 0 Å². The van der Waals surface area contributed by atoms with E-state index in [4.69, 9.17) is 4.74 Å². The molecule has 0 aliphatic heterocycles. The van der Waals surface area contributed by atoms with Crippen molar-refractivity contribution in [2.75, 3.05) is 6.61 Å². The van der Waals surface area contributed by atoms with Gasteiger partial charge in [-0.3, -0.25) is 0 Å². The smallest absolute Gasteiger partial charge is 0.330 e. The van der Waals surface area contributed by atoms with Gasteiger partial charge in [-0.1, -0.05) is 12.5 Å². The maximum absolute atomic E-state index is 11.1. The van der Waals surface area contributed by atoms with Crippen LogP contribution in [-0.4, -0.2) is 12.6 Å². The number of carbonyl (C=O) groups excluding carboxylic acids is 1. The Balaban J connectivity index is 1.61. The first-order valence-electron chi connectivity index (χ1n) is 5.19. The maximum atomic E-state index is 11.1. The Morgan fingerprint density at radius 3 is 2.62 bits per heavy atom. The van der Waals surface area contributed by atoms with Gasteiger partial charge in [0.15, 0.2) is 0 Å². The Labute approximate surface area is 79.0 Å². The summed E-state index contributed by atoms with van der Waals surface area (Å²) in [5, 5.41) is 0. The van der Waals surface area contributed by atoms with E-state index in [2.05, 4.69) is 0 Å². The van der Waals surface area contributed by atoms with Gasteiger partial charge in [0, 0.05) is 6.08 Å². The molecule has 0 atom stereocenters. The number of allylic oxidation sites excluding steroid dienone is 1. The Morgan fingerprint density at radius 1 is 1.31 bits per heavy atom. The van der Waals surface area contributed by atoms with E-state index in [1.54, 1.807) is 6.08 Å². The quantitative estimate of drug-likeness (QED) is 0.490. The molecule has 0 spiro atoms. The van der Waals surface area contributed by atoms with E-state index < -0.39 is 0 Å². The number of hydrogen-bond acceptors (Lipinski definition) is 2. The van der Waals surface area contributed by atoms with E-state index in [1.807, 2.05) is 6.08 Å². The molecular formula is C11H16O2. The number of ether oxygens (including phenoxy) is 1. The molecule has 2 saturated carbocycles. The summed E-state index contributed by atoms with van der Waals surface area (Å²) in [7, 11) is 0. The van der Waals surface area contributed by atoms with Gasteiger partial charge in [-0.2, -0.15) is 0 Å². The van der Waals surface area contributed by atoms with E-state index in [-0.39, 0.29) is 5.97 Å². The first-order valence-corrected chi connectivity index (χ1v) is 5.19. The third-order valence-corrected chi connectivity index (χ3v) is 2.81. The molecule has 13 heavy (non-hydrogen) atoms. The van der Waals surface area contributed by atoms with Crippen LogP contribution >= 0.6 is 0 Å². The van der Waals surface area contributed by atoms with Crippen LogP contribution in [0.3, 0.4) is 0 Å². The van der Waals surface area contributed by atoms with Crippen molar-refractivity contribution >= 4 is 5.97 Å². The number of hydrogen-bond donors (Lipinski definition) is 0. The molecule has 2 aliphatic carbocycles. The number of carbonyl (C=O) groups is 1. The van der Waals surface area contributed by atoms with Gasteiger partial charge in [-0.25, -0.2) is 4.79 Å². The minimum absolute atomic E-state index is 0.154. The topological polar surface area (TPSA) is 26.3 Å². The fourth-order valence-corrected chi connectivity index (χ4v) is 1.38. The molecule has 0 radical (unpaired) electrons. The molecule has 2 heteroatoms. The normalized spacial score (nSPS) is 23.1. The third-order valence-electron chi connectivity index (χ3n) is 2.81. The van der Waals surface area contributed by atoms with Crippen molar-refractivity contribution < 1.29 is 9.53 Å². The van der Waals surface area contributed by atoms with Crippen molar-refractivity contribution in [3.05, 3.63) is 12.2 Å². The second kappa shape index (κ2) is 3.95. The minimum Gasteiger partial charge on any atom is -0.462 e. The van der Waals surface area contributed by atoms with E-state index in [0.717, 1.165) is 0 Å². The van der Waals surface area contributed by atoms with Crippen LogP contribution in [0.1, 0.15) is 32.1 Å². The molecular weight excluding hydrogens is 164 g/mol. The van der Waals surface area contributed by atoms with Gasteiger partial charge in [0.05, 0.1) is 6.61 Å². The molecule has 0 unspecified atom stereocenters. The average molecular weight is 180 g/mol. The van der Waals surface area contributed by atoms with Crippen LogP contribution in [0.15, 0.2) is 12.2 Å². The van der Waals surface area contributed by atoms with Gasteiger partial charge < -0.3 is 4.74 Å². The fraction of sp³-hybridized carbons (Fsp3) is 0.727. The molecule has 0 amide bonds. The van der Waals surface area contributed by atoms with Crippen molar-refractivity contribution in [3.63, 3.8) is 0 Å². The second-order valence-corrected chi connectivity index (χ2v) is 4.12. The summed E-state index contributed by atoms with van der Waals surface area (Å²) in [5.41, 5.74) is 0. The molecule has 0 aromatic rings. The van der Waals surface area contributed by atoms with Crippen LogP contribution in [0, 0.1) is 11.8 Å². The lowest BCUT2D eigenvalue weighted by molar-refractivity contribution is -0.138. The van der Waals surface area contributed by atoms with Gasteiger partial charge >= 0.3 is 5.97 Å². The van der Waals surface area contributed by atoms with Gasteiger partial charge in [-0.05, 0) is 37.5 Å². The molecule has 2 rings (SSSR count). The molecule has 0 heterocycles. The Bertz CT molecular complexity index is 212. The Hall–Kier alpha value is -0.790. The fourth-order valence-electron chi connectivity index (χ4n) is 1.38. The SMILES string of the molecule is O=C(C=CC1CCC1)OCC1CC1. The van der Waals surface area contributed by atoms with Gasteiger partial charge in [0.25, 0.3) is 0 Å². The zero-order valence-corrected chi connectivity index (χ0v) is 7.87. The minimum atomic E-state index is -0.154. The highest BCUT2D eigenvalue weighted by molar-refractivity contribution is 5.81. The lowest BCUT2D eigenvalue weighted by Crippen LogP contribution is -2.09. The van der Waals surface area contributed by atoms with Crippen LogP contribution in [0.2, 0.25) is 0 Å². The number of rotatable bonds is 4. The first-order chi connectivity index (χ1) is 6.34. The molecule has 0 aromatic heterocycles. The highest BCUT2D eigenvalue weighted by Crippen LogP contribution is 2.29. The average Bonchev–Trinajstić information content (AvgIpc) is 2.80. The lowest BCUT2D eigenvalue weighted by Gasteiger charge is -2.20. The van der Waals surface area contributed by atoms with Crippen LogP contribution < -0.4 is 0 Å². The summed E-state index contributed by atoms with van der Waals surface area (Å²) in [6.07, 6.45) is 9.87. The number of esters is 1. The van der Waals surface area contributed by atoms with Crippen LogP contribution in [-0.2, 0) is 9.53 Å². The maximum Gasteiger partial charge on any atom is 0.330 e. The van der Waals surface area contributed by atoms with Crippen LogP contribution in [0.4, 0.5) is 0 Å². The van der Waals surface area contributed by atoms with E-state index in [0.29, 0.717) is 18.4 Å². The van der Waals surface area contributed by atoms with Gasteiger partial charge in [0.1, 0.15) is 0 Å². The van der Waals surface area contributed by atoms with Gasteiger partial charge in [-0.15, -0.1) is 0 Å². The standard InChI is InChI=1S/C11H16O2/c12-11(13-8-10-4-5-10)7-6-9-2-1-3-9/h6-7,9-10H,1-5,8H2.